The number of hydrogen-bond donors (Lipinski definition) is 2. The van der Waals surface area contributed by atoms with E-state index in [0.717, 1.165) is 0 Å². The van der Waals surface area contributed by atoms with Gasteiger partial charge in [-0.05, 0) is 36.4 Å². The van der Waals surface area contributed by atoms with Crippen molar-refractivity contribution in [3.63, 3.8) is 0 Å². The summed E-state index contributed by atoms with van der Waals surface area (Å²) >= 11 is 3.20. The number of hydrazone groups is 1. The molecule has 0 saturated carbocycles. The number of rotatable bonds is 5. The van der Waals surface area contributed by atoms with Crippen molar-refractivity contribution >= 4 is 33.7 Å². The lowest BCUT2D eigenvalue weighted by molar-refractivity contribution is -0.384. The molecule has 3 rings (SSSR count). The molecular formula is C18H12BrN3O5. The van der Waals surface area contributed by atoms with Crippen LogP contribution in [0.15, 0.2) is 68.6 Å². The van der Waals surface area contributed by atoms with E-state index in [4.69, 9.17) is 4.42 Å². The molecule has 0 aliphatic heterocycles. The number of benzene rings is 2. The number of halogens is 1. The Balaban J connectivity index is 1.75. The lowest BCUT2D eigenvalue weighted by Crippen LogP contribution is -2.17. The van der Waals surface area contributed by atoms with Crippen LogP contribution in [-0.4, -0.2) is 22.2 Å². The second kappa shape index (κ2) is 7.83. The second-order valence-corrected chi connectivity index (χ2v) is 6.25. The number of nitro benzene ring substituents is 1. The highest BCUT2D eigenvalue weighted by Crippen LogP contribution is 2.33. The molecule has 1 aromatic heterocycles. The van der Waals surface area contributed by atoms with E-state index in [1.54, 1.807) is 36.4 Å². The molecule has 2 aromatic carbocycles. The summed E-state index contributed by atoms with van der Waals surface area (Å²) in [6, 6.07) is 13.8. The highest BCUT2D eigenvalue weighted by Gasteiger charge is 2.18. The van der Waals surface area contributed by atoms with Crippen LogP contribution in [0.2, 0.25) is 0 Å². The van der Waals surface area contributed by atoms with Gasteiger partial charge in [0, 0.05) is 10.5 Å². The Kier molecular flexibility index (Phi) is 5.32. The van der Waals surface area contributed by atoms with Gasteiger partial charge in [0.05, 0.1) is 22.3 Å². The van der Waals surface area contributed by atoms with Crippen LogP contribution in [0.25, 0.3) is 11.3 Å². The fraction of sp³-hybridized carbons (Fsp3) is 0. The van der Waals surface area contributed by atoms with Gasteiger partial charge in [-0.15, -0.1) is 0 Å². The Morgan fingerprint density at radius 2 is 2.00 bits per heavy atom. The van der Waals surface area contributed by atoms with Crippen LogP contribution < -0.4 is 5.43 Å². The minimum absolute atomic E-state index is 0.0836. The molecular weight excluding hydrogens is 418 g/mol. The minimum Gasteiger partial charge on any atom is -0.507 e. The molecule has 0 fully saturated rings. The third-order valence-corrected chi connectivity index (χ3v) is 4.05. The predicted molar refractivity (Wildman–Crippen MR) is 102 cm³/mol. The van der Waals surface area contributed by atoms with E-state index in [0.29, 0.717) is 21.6 Å². The number of aromatic hydroxyl groups is 1. The minimum atomic E-state index is -0.584. The number of nitrogens with zero attached hydrogens (tertiary/aromatic N) is 2. The molecule has 136 valence electrons. The fourth-order valence-electron chi connectivity index (χ4n) is 2.31. The van der Waals surface area contributed by atoms with Gasteiger partial charge < -0.3 is 9.52 Å². The van der Waals surface area contributed by atoms with Gasteiger partial charge in [0.2, 0.25) is 0 Å². The number of para-hydroxylation sites is 1. The summed E-state index contributed by atoms with van der Waals surface area (Å²) < 4.78 is 6.12. The summed E-state index contributed by atoms with van der Waals surface area (Å²) in [5.41, 5.74) is 2.57. The smallest absolute Gasteiger partial charge is 0.281 e. The molecule has 2 N–H and O–H groups in total. The summed E-state index contributed by atoms with van der Waals surface area (Å²) in [4.78, 5) is 22.7. The Bertz CT molecular complexity index is 1040. The molecule has 1 heterocycles. The average molecular weight is 430 g/mol. The molecule has 9 heteroatoms. The third-order valence-electron chi connectivity index (χ3n) is 3.56. The zero-order valence-corrected chi connectivity index (χ0v) is 15.2. The topological polar surface area (TPSA) is 118 Å². The number of carbonyl (C=O) groups excluding carboxylic acids is 1. The largest absolute Gasteiger partial charge is 0.507 e. The monoisotopic (exact) mass is 429 g/mol. The van der Waals surface area contributed by atoms with Crippen molar-refractivity contribution in [3.05, 3.63) is 80.5 Å². The molecule has 0 bridgehead atoms. The van der Waals surface area contributed by atoms with Crippen molar-refractivity contribution in [1.29, 1.82) is 0 Å². The van der Waals surface area contributed by atoms with E-state index in [1.807, 2.05) is 0 Å². The number of nitrogens with one attached hydrogen (secondary N) is 1. The van der Waals surface area contributed by atoms with Crippen molar-refractivity contribution in [3.8, 4) is 17.1 Å². The Labute approximate surface area is 161 Å². The van der Waals surface area contributed by atoms with E-state index in [2.05, 4.69) is 26.5 Å². The maximum absolute atomic E-state index is 11.9. The first-order valence-corrected chi connectivity index (χ1v) is 8.40. The molecule has 0 aliphatic rings. The van der Waals surface area contributed by atoms with Crippen molar-refractivity contribution in [2.45, 2.75) is 0 Å². The quantitative estimate of drug-likeness (QED) is 0.359. The molecule has 0 aliphatic carbocycles. The van der Waals surface area contributed by atoms with E-state index in [1.165, 1.54) is 24.4 Å². The zero-order valence-electron chi connectivity index (χ0n) is 13.6. The van der Waals surface area contributed by atoms with Crippen molar-refractivity contribution in [2.24, 2.45) is 5.10 Å². The highest BCUT2D eigenvalue weighted by molar-refractivity contribution is 9.10. The summed E-state index contributed by atoms with van der Waals surface area (Å²) in [5, 5.41) is 24.6. The first-order valence-electron chi connectivity index (χ1n) is 7.61. The molecule has 0 spiro atoms. The van der Waals surface area contributed by atoms with Crippen LogP contribution in [-0.2, 0) is 0 Å². The lowest BCUT2D eigenvalue weighted by Gasteiger charge is -2.01. The van der Waals surface area contributed by atoms with E-state index < -0.39 is 10.8 Å². The fourth-order valence-corrected chi connectivity index (χ4v) is 2.66. The molecule has 1 amide bonds. The highest BCUT2D eigenvalue weighted by atomic mass is 79.9. The van der Waals surface area contributed by atoms with E-state index >= 15 is 0 Å². The van der Waals surface area contributed by atoms with Crippen LogP contribution in [0, 0.1) is 10.1 Å². The van der Waals surface area contributed by atoms with Gasteiger partial charge in [0.25, 0.3) is 11.6 Å². The molecule has 0 atom stereocenters. The van der Waals surface area contributed by atoms with Gasteiger partial charge in [-0.25, -0.2) is 5.43 Å². The van der Waals surface area contributed by atoms with Crippen LogP contribution >= 0.6 is 15.9 Å². The predicted octanol–water partition coefficient (Wildman–Crippen LogP) is 4.09. The Hall–Kier alpha value is -3.46. The van der Waals surface area contributed by atoms with Crippen LogP contribution in [0.4, 0.5) is 5.69 Å². The number of hydrogen-bond acceptors (Lipinski definition) is 6. The van der Waals surface area contributed by atoms with Crippen LogP contribution in [0.3, 0.4) is 0 Å². The van der Waals surface area contributed by atoms with Gasteiger partial charge in [0.15, 0.2) is 0 Å². The van der Waals surface area contributed by atoms with E-state index in [9.17, 15) is 20.0 Å². The number of phenolic OH excluding ortho intramolecular Hbond substituents is 1. The molecule has 3 aromatic rings. The van der Waals surface area contributed by atoms with Crippen molar-refractivity contribution < 1.29 is 19.2 Å². The number of amides is 1. The summed E-state index contributed by atoms with van der Waals surface area (Å²) in [6.07, 6.45) is 1.26. The van der Waals surface area contributed by atoms with Crippen LogP contribution in [0.1, 0.15) is 16.1 Å². The Morgan fingerprint density at radius 3 is 2.74 bits per heavy atom. The standard InChI is InChI=1S/C18H12BrN3O5/c19-11-5-7-13(15(9-11)22(25)26)17-8-6-12(27-17)10-20-21-18(24)14-3-1-2-4-16(14)23/h1-10,23H,(H,21,24). The molecule has 27 heavy (non-hydrogen) atoms. The summed E-state index contributed by atoms with van der Waals surface area (Å²) in [7, 11) is 0. The maximum Gasteiger partial charge on any atom is 0.281 e. The number of furan rings is 1. The van der Waals surface area contributed by atoms with E-state index in [-0.39, 0.29) is 17.0 Å². The SMILES string of the molecule is O=C(NN=Cc1ccc(-c2ccc(Br)cc2[N+](=O)[O-])o1)c1ccccc1O. The van der Waals surface area contributed by atoms with Gasteiger partial charge in [-0.2, -0.15) is 5.10 Å². The molecule has 0 saturated heterocycles. The third kappa shape index (κ3) is 4.21. The first-order chi connectivity index (χ1) is 13.0. The van der Waals surface area contributed by atoms with Gasteiger partial charge in [0.1, 0.15) is 17.3 Å². The number of carbonyl (C=O) groups is 1. The lowest BCUT2D eigenvalue weighted by atomic mass is 10.1. The van der Waals surface area contributed by atoms with Gasteiger partial charge in [-0.1, -0.05) is 28.1 Å². The number of phenols is 1. The first kappa shape index (κ1) is 18.3. The Morgan fingerprint density at radius 1 is 1.22 bits per heavy atom. The average Bonchev–Trinajstić information content (AvgIpc) is 3.10. The summed E-state index contributed by atoms with van der Waals surface area (Å²) in [5.74, 6) is -0.157. The maximum atomic E-state index is 11.9. The van der Waals surface area contributed by atoms with Crippen LogP contribution in [0.5, 0.6) is 5.75 Å². The summed E-state index contributed by atoms with van der Waals surface area (Å²) in [6.45, 7) is 0. The van der Waals surface area contributed by atoms with Crippen molar-refractivity contribution in [1.82, 2.24) is 5.43 Å². The molecule has 8 nitrogen and oxygen atoms in total. The molecule has 0 radical (unpaired) electrons. The zero-order chi connectivity index (χ0) is 19.4. The van der Waals surface area contributed by atoms with Gasteiger partial charge in [-0.3, -0.25) is 14.9 Å². The second-order valence-electron chi connectivity index (χ2n) is 5.34. The number of nitro groups is 1. The van der Waals surface area contributed by atoms with Gasteiger partial charge >= 0.3 is 0 Å². The molecule has 0 unspecified atom stereocenters. The van der Waals surface area contributed by atoms with Crippen molar-refractivity contribution in [2.75, 3.05) is 0 Å². The normalized spacial score (nSPS) is 10.9.